The maximum Gasteiger partial charge on any atom is 0.234 e. The summed E-state index contributed by atoms with van der Waals surface area (Å²) in [4.78, 5) is 15.8. The number of rotatable bonds is 3. The Morgan fingerprint density at radius 1 is 1.26 bits per heavy atom. The first kappa shape index (κ1) is 12.4. The molecule has 2 aromatic rings. The van der Waals surface area contributed by atoms with Crippen LogP contribution in [0.4, 0.5) is 5.69 Å². The third kappa shape index (κ3) is 1.98. The molecule has 0 spiro atoms. The Kier molecular flexibility index (Phi) is 3.15. The highest BCUT2D eigenvalue weighted by Gasteiger charge is 2.36. The van der Waals surface area contributed by atoms with E-state index in [9.17, 15) is 4.79 Å². The average molecular weight is 271 g/mol. The fourth-order valence-corrected chi connectivity index (χ4v) is 3.74. The van der Waals surface area contributed by atoms with E-state index in [1.54, 1.807) is 11.3 Å². The number of carbonyl (C=O) groups is 1. The molecule has 0 N–H and O–H groups in total. The second-order valence-corrected chi connectivity index (χ2v) is 5.93. The molecule has 1 aliphatic heterocycles. The van der Waals surface area contributed by atoms with Crippen LogP contribution in [0.2, 0.25) is 0 Å². The SMILES string of the molecule is CCN1C(=O)[C@H](Cc2sccc2C)c2ccccc21. The summed E-state index contributed by atoms with van der Waals surface area (Å²) in [6, 6.07) is 10.3. The standard InChI is InChI=1S/C16H17NOS/c1-3-17-14-7-5-4-6-12(14)13(16(17)18)10-15-11(2)8-9-19-15/h4-9,13H,3,10H2,1-2H3/t13-/m1/s1. The average Bonchev–Trinajstić information content (AvgIpc) is 2.93. The molecule has 2 heterocycles. The lowest BCUT2D eigenvalue weighted by Crippen LogP contribution is -2.28. The van der Waals surface area contributed by atoms with Crippen molar-refractivity contribution in [2.75, 3.05) is 11.4 Å². The highest BCUT2D eigenvalue weighted by molar-refractivity contribution is 7.10. The van der Waals surface area contributed by atoms with Crippen molar-refractivity contribution in [2.24, 2.45) is 0 Å². The van der Waals surface area contributed by atoms with Gasteiger partial charge in [0.25, 0.3) is 0 Å². The van der Waals surface area contributed by atoms with Crippen LogP contribution < -0.4 is 4.90 Å². The molecule has 3 rings (SSSR count). The van der Waals surface area contributed by atoms with Gasteiger partial charge in [-0.2, -0.15) is 0 Å². The number of para-hydroxylation sites is 1. The van der Waals surface area contributed by atoms with E-state index in [4.69, 9.17) is 0 Å². The van der Waals surface area contributed by atoms with E-state index in [2.05, 4.69) is 30.5 Å². The third-order valence-electron chi connectivity index (χ3n) is 3.84. The lowest BCUT2D eigenvalue weighted by molar-refractivity contribution is -0.119. The third-order valence-corrected chi connectivity index (χ3v) is 4.89. The Morgan fingerprint density at radius 2 is 2.05 bits per heavy atom. The van der Waals surface area contributed by atoms with E-state index < -0.39 is 0 Å². The minimum Gasteiger partial charge on any atom is -0.312 e. The van der Waals surface area contributed by atoms with Crippen LogP contribution in [0.15, 0.2) is 35.7 Å². The van der Waals surface area contributed by atoms with Crippen molar-refractivity contribution in [3.8, 4) is 0 Å². The molecule has 2 nitrogen and oxygen atoms in total. The minimum atomic E-state index is -0.00602. The van der Waals surface area contributed by atoms with Crippen molar-refractivity contribution in [1.82, 2.24) is 0 Å². The molecule has 0 bridgehead atoms. The molecular weight excluding hydrogens is 254 g/mol. The topological polar surface area (TPSA) is 20.3 Å². The molecule has 0 aliphatic carbocycles. The zero-order valence-corrected chi connectivity index (χ0v) is 12.0. The van der Waals surface area contributed by atoms with Crippen LogP contribution in [-0.4, -0.2) is 12.5 Å². The zero-order chi connectivity index (χ0) is 13.4. The molecule has 1 aliphatic rings. The Morgan fingerprint density at radius 3 is 2.74 bits per heavy atom. The van der Waals surface area contributed by atoms with Gasteiger partial charge in [-0.05, 0) is 48.9 Å². The minimum absolute atomic E-state index is 0.00602. The largest absolute Gasteiger partial charge is 0.312 e. The summed E-state index contributed by atoms with van der Waals surface area (Å²) in [5.41, 5.74) is 3.57. The number of benzene rings is 1. The zero-order valence-electron chi connectivity index (χ0n) is 11.2. The number of nitrogens with zero attached hydrogens (tertiary/aromatic N) is 1. The molecule has 1 aromatic heterocycles. The molecule has 19 heavy (non-hydrogen) atoms. The van der Waals surface area contributed by atoms with Crippen LogP contribution in [0.25, 0.3) is 0 Å². The van der Waals surface area contributed by atoms with Crippen molar-refractivity contribution < 1.29 is 4.79 Å². The van der Waals surface area contributed by atoms with Crippen molar-refractivity contribution in [3.63, 3.8) is 0 Å². The van der Waals surface area contributed by atoms with Crippen LogP contribution in [0, 0.1) is 6.92 Å². The van der Waals surface area contributed by atoms with Gasteiger partial charge in [-0.3, -0.25) is 4.79 Å². The van der Waals surface area contributed by atoms with Gasteiger partial charge in [-0.1, -0.05) is 18.2 Å². The lowest BCUT2D eigenvalue weighted by Gasteiger charge is -2.15. The van der Waals surface area contributed by atoms with Gasteiger partial charge in [0.15, 0.2) is 0 Å². The van der Waals surface area contributed by atoms with Gasteiger partial charge in [0.2, 0.25) is 5.91 Å². The monoisotopic (exact) mass is 271 g/mol. The molecule has 3 heteroatoms. The summed E-state index contributed by atoms with van der Waals surface area (Å²) in [7, 11) is 0. The number of hydrogen-bond donors (Lipinski definition) is 0. The number of hydrogen-bond acceptors (Lipinski definition) is 2. The number of likely N-dealkylation sites (N-methyl/N-ethyl adjacent to an activating group) is 1. The molecule has 0 saturated carbocycles. The van der Waals surface area contributed by atoms with Gasteiger partial charge in [-0.15, -0.1) is 11.3 Å². The summed E-state index contributed by atoms with van der Waals surface area (Å²) >= 11 is 1.75. The Hall–Kier alpha value is -1.61. The quantitative estimate of drug-likeness (QED) is 0.832. The molecule has 1 atom stereocenters. The highest BCUT2D eigenvalue weighted by Crippen LogP contribution is 2.39. The highest BCUT2D eigenvalue weighted by atomic mass is 32.1. The summed E-state index contributed by atoms with van der Waals surface area (Å²) in [5, 5.41) is 2.10. The van der Waals surface area contributed by atoms with Crippen LogP contribution in [0.5, 0.6) is 0 Å². The number of amides is 1. The molecule has 1 aromatic carbocycles. The smallest absolute Gasteiger partial charge is 0.234 e. The normalized spacial score (nSPS) is 17.9. The summed E-state index contributed by atoms with van der Waals surface area (Å²) in [5.74, 6) is 0.241. The fourth-order valence-electron chi connectivity index (χ4n) is 2.79. The van der Waals surface area contributed by atoms with E-state index in [0.717, 1.165) is 18.7 Å². The van der Waals surface area contributed by atoms with Gasteiger partial charge in [0, 0.05) is 17.1 Å². The van der Waals surface area contributed by atoms with Crippen LogP contribution >= 0.6 is 11.3 Å². The number of aryl methyl sites for hydroxylation is 1. The Labute approximate surface area is 117 Å². The summed E-state index contributed by atoms with van der Waals surface area (Å²) in [6.07, 6.45) is 0.829. The van der Waals surface area contributed by atoms with Crippen LogP contribution in [-0.2, 0) is 11.2 Å². The molecule has 0 fully saturated rings. The number of fused-ring (bicyclic) bond motifs is 1. The molecule has 0 unspecified atom stereocenters. The number of anilines is 1. The van der Waals surface area contributed by atoms with E-state index in [-0.39, 0.29) is 11.8 Å². The van der Waals surface area contributed by atoms with E-state index in [1.807, 2.05) is 24.0 Å². The van der Waals surface area contributed by atoms with E-state index in [0.29, 0.717) is 0 Å². The molecule has 0 radical (unpaired) electrons. The Bertz CT molecular complexity index is 617. The Balaban J connectivity index is 1.98. The second kappa shape index (κ2) is 4.82. The molecule has 0 saturated heterocycles. The van der Waals surface area contributed by atoms with Crippen molar-refractivity contribution in [1.29, 1.82) is 0 Å². The first-order chi connectivity index (χ1) is 9.22. The van der Waals surface area contributed by atoms with Gasteiger partial charge in [-0.25, -0.2) is 0 Å². The molecule has 98 valence electrons. The van der Waals surface area contributed by atoms with Gasteiger partial charge in [0.05, 0.1) is 5.92 Å². The number of thiophene rings is 1. The van der Waals surface area contributed by atoms with Crippen LogP contribution in [0.3, 0.4) is 0 Å². The molecule has 1 amide bonds. The van der Waals surface area contributed by atoms with Crippen molar-refractivity contribution in [2.45, 2.75) is 26.2 Å². The molecular formula is C16H17NOS. The van der Waals surface area contributed by atoms with Crippen LogP contribution in [0.1, 0.15) is 28.8 Å². The number of carbonyl (C=O) groups excluding carboxylic acids is 1. The summed E-state index contributed by atoms with van der Waals surface area (Å²) < 4.78 is 0. The lowest BCUT2D eigenvalue weighted by atomic mass is 9.95. The van der Waals surface area contributed by atoms with E-state index in [1.165, 1.54) is 16.0 Å². The maximum atomic E-state index is 12.6. The van der Waals surface area contributed by atoms with Gasteiger partial charge < -0.3 is 4.90 Å². The van der Waals surface area contributed by atoms with E-state index >= 15 is 0 Å². The first-order valence-corrected chi connectivity index (χ1v) is 7.53. The van der Waals surface area contributed by atoms with Gasteiger partial charge in [0.1, 0.15) is 0 Å². The predicted octanol–water partition coefficient (Wildman–Crippen LogP) is 3.75. The van der Waals surface area contributed by atoms with Gasteiger partial charge >= 0.3 is 0 Å². The van der Waals surface area contributed by atoms with Crippen molar-refractivity contribution in [3.05, 3.63) is 51.7 Å². The first-order valence-electron chi connectivity index (χ1n) is 6.65. The predicted molar refractivity (Wildman–Crippen MR) is 80.0 cm³/mol. The second-order valence-electron chi connectivity index (χ2n) is 4.92. The summed E-state index contributed by atoms with van der Waals surface area (Å²) in [6.45, 7) is 4.90. The fraction of sp³-hybridized carbons (Fsp3) is 0.312. The van der Waals surface area contributed by atoms with Crippen molar-refractivity contribution >= 4 is 22.9 Å². The maximum absolute atomic E-state index is 12.6.